The maximum atomic E-state index is 6.13. The molecule has 2 N–H and O–H groups in total. The lowest BCUT2D eigenvalue weighted by molar-refractivity contribution is 0.116. The fourth-order valence-corrected chi connectivity index (χ4v) is 2.08. The highest BCUT2D eigenvalue weighted by Crippen LogP contribution is 2.23. The Labute approximate surface area is 117 Å². The van der Waals surface area contributed by atoms with Crippen molar-refractivity contribution in [2.75, 3.05) is 20.3 Å². The molecular weight excluding hydrogens is 238 g/mol. The molecule has 0 bridgehead atoms. The van der Waals surface area contributed by atoms with E-state index >= 15 is 0 Å². The lowest BCUT2D eigenvalue weighted by Gasteiger charge is -2.15. The molecule has 0 aliphatic rings. The first-order valence-corrected chi connectivity index (χ1v) is 7.25. The van der Waals surface area contributed by atoms with E-state index in [9.17, 15) is 0 Å². The monoisotopic (exact) mass is 265 g/mol. The van der Waals surface area contributed by atoms with Crippen molar-refractivity contribution < 1.29 is 9.47 Å². The number of methoxy groups -OCH3 is 1. The maximum Gasteiger partial charge on any atom is 0.123 e. The minimum absolute atomic E-state index is 0.119. The molecule has 0 aliphatic carbocycles. The van der Waals surface area contributed by atoms with Gasteiger partial charge in [-0.25, -0.2) is 0 Å². The summed E-state index contributed by atoms with van der Waals surface area (Å²) in [5.74, 6) is 0.835. The van der Waals surface area contributed by atoms with Gasteiger partial charge in [0.05, 0.1) is 19.8 Å². The molecule has 0 heterocycles. The van der Waals surface area contributed by atoms with E-state index in [0.717, 1.165) is 24.3 Å². The first-order chi connectivity index (χ1) is 9.29. The van der Waals surface area contributed by atoms with E-state index in [2.05, 4.69) is 6.92 Å². The van der Waals surface area contributed by atoms with E-state index in [-0.39, 0.29) is 6.04 Å². The van der Waals surface area contributed by atoms with Crippen molar-refractivity contribution in [1.29, 1.82) is 0 Å². The van der Waals surface area contributed by atoms with Gasteiger partial charge in [0, 0.05) is 12.2 Å². The Morgan fingerprint density at radius 3 is 2.58 bits per heavy atom. The van der Waals surface area contributed by atoms with Gasteiger partial charge in [0.1, 0.15) is 5.75 Å². The molecule has 1 aromatic rings. The molecule has 0 saturated heterocycles. The molecule has 0 amide bonds. The van der Waals surface area contributed by atoms with Crippen molar-refractivity contribution in [1.82, 2.24) is 0 Å². The molecule has 0 fully saturated rings. The minimum atomic E-state index is -0.119. The molecule has 1 rings (SSSR count). The molecule has 0 spiro atoms. The number of hydrogen-bond acceptors (Lipinski definition) is 3. The van der Waals surface area contributed by atoms with Gasteiger partial charge in [-0.3, -0.25) is 0 Å². The molecule has 0 aliphatic heterocycles. The van der Waals surface area contributed by atoms with Gasteiger partial charge in [0.15, 0.2) is 0 Å². The van der Waals surface area contributed by atoms with Gasteiger partial charge in [-0.05, 0) is 12.5 Å². The highest BCUT2D eigenvalue weighted by atomic mass is 16.5. The SMILES string of the molecule is CCCCCCCOCC(N)c1ccccc1OC. The van der Waals surface area contributed by atoms with Gasteiger partial charge < -0.3 is 15.2 Å². The number of ether oxygens (including phenoxy) is 2. The maximum absolute atomic E-state index is 6.13. The predicted molar refractivity (Wildman–Crippen MR) is 79.5 cm³/mol. The molecule has 1 atom stereocenters. The highest BCUT2D eigenvalue weighted by molar-refractivity contribution is 5.35. The third-order valence-electron chi connectivity index (χ3n) is 3.23. The Hall–Kier alpha value is -1.06. The summed E-state index contributed by atoms with van der Waals surface area (Å²) in [7, 11) is 1.67. The van der Waals surface area contributed by atoms with Crippen molar-refractivity contribution in [3.05, 3.63) is 29.8 Å². The molecule has 1 aromatic carbocycles. The molecule has 0 aromatic heterocycles. The number of para-hydroxylation sites is 1. The van der Waals surface area contributed by atoms with E-state index in [1.807, 2.05) is 24.3 Å². The summed E-state index contributed by atoms with van der Waals surface area (Å²) >= 11 is 0. The van der Waals surface area contributed by atoms with Crippen LogP contribution < -0.4 is 10.5 Å². The summed E-state index contributed by atoms with van der Waals surface area (Å²) in [5.41, 5.74) is 7.14. The third kappa shape index (κ3) is 6.08. The lowest BCUT2D eigenvalue weighted by atomic mass is 10.1. The zero-order valence-corrected chi connectivity index (χ0v) is 12.2. The highest BCUT2D eigenvalue weighted by Gasteiger charge is 2.10. The van der Waals surface area contributed by atoms with Gasteiger partial charge in [-0.15, -0.1) is 0 Å². The normalized spacial score (nSPS) is 12.4. The van der Waals surface area contributed by atoms with Crippen LogP contribution in [-0.2, 0) is 4.74 Å². The van der Waals surface area contributed by atoms with Gasteiger partial charge in [-0.2, -0.15) is 0 Å². The van der Waals surface area contributed by atoms with Crippen molar-refractivity contribution in [3.8, 4) is 5.75 Å². The number of unbranched alkanes of at least 4 members (excludes halogenated alkanes) is 4. The van der Waals surface area contributed by atoms with Gasteiger partial charge >= 0.3 is 0 Å². The molecule has 1 unspecified atom stereocenters. The largest absolute Gasteiger partial charge is 0.496 e. The first-order valence-electron chi connectivity index (χ1n) is 7.25. The van der Waals surface area contributed by atoms with E-state index in [0.29, 0.717) is 6.61 Å². The van der Waals surface area contributed by atoms with Gasteiger partial charge in [0.2, 0.25) is 0 Å². The second kappa shape index (κ2) is 9.82. The molecule has 3 nitrogen and oxygen atoms in total. The summed E-state index contributed by atoms with van der Waals surface area (Å²) in [6.45, 7) is 3.57. The Balaban J connectivity index is 2.22. The number of nitrogens with two attached hydrogens (primary N) is 1. The Kier molecular flexibility index (Phi) is 8.26. The Morgan fingerprint density at radius 1 is 1.11 bits per heavy atom. The van der Waals surface area contributed by atoms with Crippen LogP contribution in [0.1, 0.15) is 50.6 Å². The fourth-order valence-electron chi connectivity index (χ4n) is 2.08. The topological polar surface area (TPSA) is 44.5 Å². The van der Waals surface area contributed by atoms with Crippen molar-refractivity contribution in [2.45, 2.75) is 45.1 Å². The first kappa shape index (κ1) is 16.0. The number of benzene rings is 1. The number of rotatable bonds is 10. The second-order valence-corrected chi connectivity index (χ2v) is 4.84. The van der Waals surface area contributed by atoms with Crippen LogP contribution in [0.5, 0.6) is 5.75 Å². The van der Waals surface area contributed by atoms with Crippen LogP contribution in [0.4, 0.5) is 0 Å². The van der Waals surface area contributed by atoms with Crippen LogP contribution in [0, 0.1) is 0 Å². The lowest BCUT2D eigenvalue weighted by Crippen LogP contribution is -2.18. The van der Waals surface area contributed by atoms with Crippen LogP contribution in [0.15, 0.2) is 24.3 Å². The van der Waals surface area contributed by atoms with E-state index in [1.165, 1.54) is 25.7 Å². The molecule has 19 heavy (non-hydrogen) atoms. The van der Waals surface area contributed by atoms with E-state index < -0.39 is 0 Å². The average Bonchev–Trinajstić information content (AvgIpc) is 2.46. The summed E-state index contributed by atoms with van der Waals surface area (Å²) < 4.78 is 11.0. The van der Waals surface area contributed by atoms with Crippen molar-refractivity contribution in [3.63, 3.8) is 0 Å². The third-order valence-corrected chi connectivity index (χ3v) is 3.23. The van der Waals surface area contributed by atoms with Crippen LogP contribution in [0.25, 0.3) is 0 Å². The summed E-state index contributed by atoms with van der Waals surface area (Å²) in [4.78, 5) is 0. The van der Waals surface area contributed by atoms with Crippen LogP contribution >= 0.6 is 0 Å². The smallest absolute Gasteiger partial charge is 0.123 e. The molecule has 3 heteroatoms. The summed E-state index contributed by atoms with van der Waals surface area (Å²) in [6.07, 6.45) is 6.27. The zero-order valence-electron chi connectivity index (χ0n) is 12.2. The van der Waals surface area contributed by atoms with Gasteiger partial charge in [-0.1, -0.05) is 50.8 Å². The Bertz CT molecular complexity index is 341. The van der Waals surface area contributed by atoms with Crippen molar-refractivity contribution in [2.24, 2.45) is 5.73 Å². The standard InChI is InChI=1S/C16H27NO2/c1-3-4-5-6-9-12-19-13-15(17)14-10-7-8-11-16(14)18-2/h7-8,10-11,15H,3-6,9,12-13,17H2,1-2H3. The molecule has 108 valence electrons. The summed E-state index contributed by atoms with van der Waals surface area (Å²) in [5, 5.41) is 0. The van der Waals surface area contributed by atoms with E-state index in [4.69, 9.17) is 15.2 Å². The summed E-state index contributed by atoms with van der Waals surface area (Å²) in [6, 6.07) is 7.73. The van der Waals surface area contributed by atoms with Crippen LogP contribution in [-0.4, -0.2) is 20.3 Å². The second-order valence-electron chi connectivity index (χ2n) is 4.84. The van der Waals surface area contributed by atoms with Crippen LogP contribution in [0.2, 0.25) is 0 Å². The Morgan fingerprint density at radius 2 is 1.84 bits per heavy atom. The molecular formula is C16H27NO2. The zero-order chi connectivity index (χ0) is 13.9. The van der Waals surface area contributed by atoms with Crippen LogP contribution in [0.3, 0.4) is 0 Å². The minimum Gasteiger partial charge on any atom is -0.496 e. The molecule has 0 saturated carbocycles. The van der Waals surface area contributed by atoms with Crippen molar-refractivity contribution >= 4 is 0 Å². The average molecular weight is 265 g/mol. The predicted octanol–water partition coefficient (Wildman–Crippen LogP) is 3.68. The molecule has 0 radical (unpaired) electrons. The van der Waals surface area contributed by atoms with Gasteiger partial charge in [0.25, 0.3) is 0 Å². The fraction of sp³-hybridized carbons (Fsp3) is 0.625. The van der Waals surface area contributed by atoms with E-state index in [1.54, 1.807) is 7.11 Å². The quantitative estimate of drug-likeness (QED) is 0.656. The number of hydrogen-bond donors (Lipinski definition) is 1.